The number of carbonyl (C=O) groups excluding carboxylic acids is 1. The number of anilines is 1. The molecule has 3 aromatic rings. The van der Waals surface area contributed by atoms with Crippen LogP contribution in [0, 0.1) is 6.92 Å². The Morgan fingerprint density at radius 3 is 2.77 bits per heavy atom. The van der Waals surface area contributed by atoms with Gasteiger partial charge in [-0.2, -0.15) is 0 Å². The minimum absolute atomic E-state index is 0.216. The number of hydrogen-bond acceptors (Lipinski definition) is 5. The van der Waals surface area contributed by atoms with Crippen LogP contribution in [0.15, 0.2) is 47.2 Å². The third kappa shape index (κ3) is 3.20. The Balaban J connectivity index is 1.84. The molecule has 3 aromatic heterocycles. The number of nitrogens with zero attached hydrogens (tertiary/aromatic N) is 3. The number of carbonyl (C=O) groups is 1. The van der Waals surface area contributed by atoms with Crippen LogP contribution in [0.1, 0.15) is 15.4 Å². The van der Waals surface area contributed by atoms with Gasteiger partial charge in [0.15, 0.2) is 0 Å². The largest absolute Gasteiger partial charge is 0.306 e. The number of aryl methyl sites for hydroxylation is 1. The number of hydrogen-bond donors (Lipinski definition) is 1. The zero-order valence-corrected chi connectivity index (χ0v) is 14.0. The van der Waals surface area contributed by atoms with Crippen LogP contribution in [0.5, 0.6) is 0 Å². The molecule has 0 unspecified atom stereocenters. The number of aromatic nitrogens is 3. The number of amides is 1. The summed E-state index contributed by atoms with van der Waals surface area (Å²) >= 11 is 4.63. The van der Waals surface area contributed by atoms with Crippen molar-refractivity contribution in [2.24, 2.45) is 0 Å². The molecule has 0 bridgehead atoms. The number of nitrogens with one attached hydrogen (secondary N) is 1. The predicted octanol–water partition coefficient (Wildman–Crippen LogP) is 3.92. The Morgan fingerprint density at radius 1 is 1.23 bits per heavy atom. The zero-order chi connectivity index (χ0) is 15.5. The lowest BCUT2D eigenvalue weighted by molar-refractivity contribution is 0.102. The molecule has 22 heavy (non-hydrogen) atoms. The molecule has 0 aliphatic rings. The van der Waals surface area contributed by atoms with Crippen LogP contribution in [-0.4, -0.2) is 20.9 Å². The summed E-state index contributed by atoms with van der Waals surface area (Å²) < 4.78 is 0.858. The van der Waals surface area contributed by atoms with E-state index in [1.165, 1.54) is 11.3 Å². The van der Waals surface area contributed by atoms with Crippen molar-refractivity contribution in [3.63, 3.8) is 0 Å². The Labute approximate surface area is 139 Å². The van der Waals surface area contributed by atoms with Crippen molar-refractivity contribution in [2.75, 3.05) is 5.32 Å². The molecule has 0 aliphatic carbocycles. The second kappa shape index (κ2) is 6.33. The maximum absolute atomic E-state index is 12.4. The molecule has 0 atom stereocenters. The maximum atomic E-state index is 12.4. The molecule has 0 saturated carbocycles. The topological polar surface area (TPSA) is 67.8 Å². The quantitative estimate of drug-likeness (QED) is 0.754. The average molecular weight is 375 g/mol. The highest BCUT2D eigenvalue weighted by Gasteiger charge is 2.17. The van der Waals surface area contributed by atoms with Crippen LogP contribution in [-0.2, 0) is 0 Å². The number of thiazole rings is 1. The van der Waals surface area contributed by atoms with Crippen LogP contribution in [0.3, 0.4) is 0 Å². The van der Waals surface area contributed by atoms with Crippen LogP contribution in [0.25, 0.3) is 10.7 Å². The summed E-state index contributed by atoms with van der Waals surface area (Å²) in [7, 11) is 0. The fourth-order valence-corrected chi connectivity index (χ4v) is 3.00. The predicted molar refractivity (Wildman–Crippen MR) is 90.0 cm³/mol. The van der Waals surface area contributed by atoms with Crippen LogP contribution in [0.2, 0.25) is 0 Å². The van der Waals surface area contributed by atoms with Gasteiger partial charge in [0.05, 0.1) is 11.4 Å². The molecular weight excluding hydrogens is 364 g/mol. The maximum Gasteiger partial charge on any atom is 0.268 e. The van der Waals surface area contributed by atoms with Gasteiger partial charge < -0.3 is 5.32 Å². The van der Waals surface area contributed by atoms with Crippen molar-refractivity contribution in [1.29, 1.82) is 0 Å². The lowest BCUT2D eigenvalue weighted by Gasteiger charge is -2.02. The van der Waals surface area contributed by atoms with Crippen molar-refractivity contribution in [1.82, 2.24) is 15.0 Å². The summed E-state index contributed by atoms with van der Waals surface area (Å²) in [5.74, 6) is 0.285. The molecule has 0 saturated heterocycles. The number of rotatable bonds is 3. The van der Waals surface area contributed by atoms with Gasteiger partial charge >= 0.3 is 0 Å². The lowest BCUT2D eigenvalue weighted by atomic mass is 10.3. The Hall–Kier alpha value is -2.12. The zero-order valence-electron chi connectivity index (χ0n) is 11.6. The standard InChI is InChI=1S/C15H11BrN4OS/c1-9-13(14(21)20-12-6-5-10(16)8-18-12)22-15(19-9)11-4-2-3-7-17-11/h2-8H,1H3,(H,18,20,21). The molecule has 3 rings (SSSR count). The minimum atomic E-state index is -0.216. The minimum Gasteiger partial charge on any atom is -0.306 e. The van der Waals surface area contributed by atoms with Gasteiger partial charge in [0, 0.05) is 16.9 Å². The van der Waals surface area contributed by atoms with E-state index in [1.807, 2.05) is 31.2 Å². The molecule has 5 nitrogen and oxygen atoms in total. The van der Waals surface area contributed by atoms with E-state index in [-0.39, 0.29) is 5.91 Å². The molecule has 1 amide bonds. The summed E-state index contributed by atoms with van der Waals surface area (Å²) in [6.45, 7) is 1.81. The second-order valence-electron chi connectivity index (χ2n) is 4.46. The lowest BCUT2D eigenvalue weighted by Crippen LogP contribution is -2.12. The first-order valence-corrected chi connectivity index (χ1v) is 8.06. The van der Waals surface area contributed by atoms with Crippen LogP contribution >= 0.6 is 27.3 Å². The summed E-state index contributed by atoms with van der Waals surface area (Å²) in [4.78, 5) is 25.7. The SMILES string of the molecule is Cc1nc(-c2ccccn2)sc1C(=O)Nc1ccc(Br)cn1. The molecule has 7 heteroatoms. The monoisotopic (exact) mass is 374 g/mol. The molecule has 0 fully saturated rings. The normalized spacial score (nSPS) is 10.5. The van der Waals surface area contributed by atoms with E-state index >= 15 is 0 Å². The Kier molecular flexibility index (Phi) is 4.26. The van der Waals surface area contributed by atoms with Gasteiger partial charge in [-0.1, -0.05) is 6.07 Å². The van der Waals surface area contributed by atoms with Crippen molar-refractivity contribution in [3.05, 3.63) is 57.8 Å². The molecule has 0 aromatic carbocycles. The molecule has 0 spiro atoms. The first-order valence-electron chi connectivity index (χ1n) is 6.45. The van der Waals surface area contributed by atoms with E-state index in [4.69, 9.17) is 0 Å². The van der Waals surface area contributed by atoms with Crippen molar-refractivity contribution in [2.45, 2.75) is 6.92 Å². The smallest absolute Gasteiger partial charge is 0.268 e. The Morgan fingerprint density at radius 2 is 2.09 bits per heavy atom. The van der Waals surface area contributed by atoms with E-state index < -0.39 is 0 Å². The fourth-order valence-electron chi connectivity index (χ4n) is 1.83. The molecule has 1 N–H and O–H groups in total. The first kappa shape index (κ1) is 14.8. The van der Waals surface area contributed by atoms with E-state index in [0.29, 0.717) is 16.4 Å². The van der Waals surface area contributed by atoms with Gasteiger partial charge in [-0.25, -0.2) is 9.97 Å². The summed E-state index contributed by atoms with van der Waals surface area (Å²) in [6, 6.07) is 9.16. The van der Waals surface area contributed by atoms with Crippen molar-refractivity contribution in [3.8, 4) is 10.7 Å². The molecule has 110 valence electrons. The van der Waals surface area contributed by atoms with Gasteiger partial charge in [0.25, 0.3) is 5.91 Å². The van der Waals surface area contributed by atoms with Gasteiger partial charge in [-0.05, 0) is 47.1 Å². The molecule has 3 heterocycles. The molecule has 0 radical (unpaired) electrons. The Bertz CT molecular complexity index is 802. The third-order valence-electron chi connectivity index (χ3n) is 2.86. The van der Waals surface area contributed by atoms with Crippen molar-refractivity contribution < 1.29 is 4.79 Å². The first-order chi connectivity index (χ1) is 10.6. The summed E-state index contributed by atoms with van der Waals surface area (Å²) in [5, 5.41) is 3.50. The van der Waals surface area contributed by atoms with E-state index in [9.17, 15) is 4.79 Å². The summed E-state index contributed by atoms with van der Waals surface area (Å²) in [6.07, 6.45) is 3.34. The van der Waals surface area contributed by atoms with Gasteiger partial charge in [0.1, 0.15) is 15.7 Å². The molecular formula is C15H11BrN4OS. The van der Waals surface area contributed by atoms with Gasteiger partial charge in [-0.15, -0.1) is 11.3 Å². The van der Waals surface area contributed by atoms with Gasteiger partial charge in [0.2, 0.25) is 0 Å². The van der Waals surface area contributed by atoms with Crippen molar-refractivity contribution >= 4 is 39.0 Å². The highest BCUT2D eigenvalue weighted by Crippen LogP contribution is 2.27. The second-order valence-corrected chi connectivity index (χ2v) is 6.38. The van der Waals surface area contributed by atoms with E-state index in [2.05, 4.69) is 36.2 Å². The van der Waals surface area contributed by atoms with E-state index in [0.717, 1.165) is 15.2 Å². The highest BCUT2D eigenvalue weighted by molar-refractivity contribution is 9.10. The fraction of sp³-hybridized carbons (Fsp3) is 0.0667. The third-order valence-corrected chi connectivity index (χ3v) is 4.50. The number of halogens is 1. The summed E-state index contributed by atoms with van der Waals surface area (Å²) in [5.41, 5.74) is 1.44. The van der Waals surface area contributed by atoms with Crippen LogP contribution < -0.4 is 5.32 Å². The van der Waals surface area contributed by atoms with Gasteiger partial charge in [-0.3, -0.25) is 9.78 Å². The van der Waals surface area contributed by atoms with E-state index in [1.54, 1.807) is 18.5 Å². The number of pyridine rings is 2. The highest BCUT2D eigenvalue weighted by atomic mass is 79.9. The average Bonchev–Trinajstić information content (AvgIpc) is 2.92. The van der Waals surface area contributed by atoms with Crippen LogP contribution in [0.4, 0.5) is 5.82 Å². The molecule has 0 aliphatic heterocycles.